The molecule has 1 amide bonds. The molecule has 1 heterocycles. The van der Waals surface area contributed by atoms with Gasteiger partial charge in [-0.3, -0.25) is 4.79 Å². The standard InChI is InChI=1S/C15H21FN2O3S/c1-11(15(19)18-13-3-2-8-17-9-13)10-22(20,21)14-6-4-12(16)5-7-14/h4-7,11,13,17H,2-3,8-10H2,1H3,(H,18,19)/t11?,13-/m0/s1. The van der Waals surface area contributed by atoms with Crippen LogP contribution in [-0.4, -0.2) is 39.2 Å². The number of hydrogen-bond donors (Lipinski definition) is 2. The molecule has 2 rings (SSSR count). The maximum atomic E-state index is 12.9. The van der Waals surface area contributed by atoms with Crippen LogP contribution in [0.4, 0.5) is 4.39 Å². The first-order valence-corrected chi connectivity index (χ1v) is 9.03. The van der Waals surface area contributed by atoms with Crippen LogP contribution in [0.5, 0.6) is 0 Å². The van der Waals surface area contributed by atoms with Crippen molar-refractivity contribution in [3.63, 3.8) is 0 Å². The van der Waals surface area contributed by atoms with Gasteiger partial charge >= 0.3 is 0 Å². The largest absolute Gasteiger partial charge is 0.352 e. The Balaban J connectivity index is 1.95. The van der Waals surface area contributed by atoms with Gasteiger partial charge in [0.2, 0.25) is 5.91 Å². The number of amides is 1. The number of nitrogens with one attached hydrogen (secondary N) is 2. The Morgan fingerprint density at radius 2 is 2.09 bits per heavy atom. The van der Waals surface area contributed by atoms with Crippen molar-refractivity contribution < 1.29 is 17.6 Å². The highest BCUT2D eigenvalue weighted by molar-refractivity contribution is 7.91. The van der Waals surface area contributed by atoms with Crippen molar-refractivity contribution in [2.75, 3.05) is 18.8 Å². The molecule has 22 heavy (non-hydrogen) atoms. The zero-order chi connectivity index (χ0) is 16.2. The third kappa shape index (κ3) is 4.51. The molecule has 2 atom stereocenters. The molecule has 1 aliphatic rings. The van der Waals surface area contributed by atoms with E-state index in [4.69, 9.17) is 0 Å². The lowest BCUT2D eigenvalue weighted by Gasteiger charge is -2.25. The van der Waals surface area contributed by atoms with Crippen molar-refractivity contribution >= 4 is 15.7 Å². The van der Waals surface area contributed by atoms with Crippen LogP contribution in [0, 0.1) is 11.7 Å². The summed E-state index contributed by atoms with van der Waals surface area (Å²) in [5.41, 5.74) is 0. The molecule has 0 bridgehead atoms. The van der Waals surface area contributed by atoms with Crippen molar-refractivity contribution in [2.24, 2.45) is 5.92 Å². The molecule has 1 aromatic rings. The van der Waals surface area contributed by atoms with Crippen LogP contribution in [0.25, 0.3) is 0 Å². The second-order valence-electron chi connectivity index (χ2n) is 5.69. The predicted molar refractivity (Wildman–Crippen MR) is 81.7 cm³/mol. The summed E-state index contributed by atoms with van der Waals surface area (Å²) in [5.74, 6) is -1.70. The normalized spacial score (nSPS) is 20.4. The summed E-state index contributed by atoms with van der Waals surface area (Å²) in [5, 5.41) is 6.07. The quantitative estimate of drug-likeness (QED) is 0.794. The molecule has 7 heteroatoms. The highest BCUT2D eigenvalue weighted by atomic mass is 32.2. The fraction of sp³-hybridized carbons (Fsp3) is 0.533. The SMILES string of the molecule is CC(CS(=O)(=O)c1ccc(F)cc1)C(=O)N[C@H]1CCCNC1. The lowest BCUT2D eigenvalue weighted by Crippen LogP contribution is -2.47. The summed E-state index contributed by atoms with van der Waals surface area (Å²) in [6.07, 6.45) is 1.89. The van der Waals surface area contributed by atoms with Crippen LogP contribution in [0.2, 0.25) is 0 Å². The highest BCUT2D eigenvalue weighted by Gasteiger charge is 2.25. The minimum atomic E-state index is -3.61. The summed E-state index contributed by atoms with van der Waals surface area (Å²) < 4.78 is 37.3. The van der Waals surface area contributed by atoms with E-state index in [1.54, 1.807) is 6.92 Å². The zero-order valence-electron chi connectivity index (χ0n) is 12.5. The molecule has 0 aliphatic carbocycles. The molecule has 1 aliphatic heterocycles. The van der Waals surface area contributed by atoms with Crippen molar-refractivity contribution in [3.8, 4) is 0 Å². The average Bonchev–Trinajstić information content (AvgIpc) is 2.48. The Bertz CT molecular complexity index is 610. The van der Waals surface area contributed by atoms with Crippen LogP contribution in [-0.2, 0) is 14.6 Å². The summed E-state index contributed by atoms with van der Waals surface area (Å²) in [4.78, 5) is 12.1. The first-order valence-electron chi connectivity index (χ1n) is 7.38. The first-order chi connectivity index (χ1) is 10.4. The number of benzene rings is 1. The minimum absolute atomic E-state index is 0.0351. The Hall–Kier alpha value is -1.47. The van der Waals surface area contributed by atoms with Crippen LogP contribution >= 0.6 is 0 Å². The topological polar surface area (TPSA) is 75.3 Å². The summed E-state index contributed by atoms with van der Waals surface area (Å²) in [7, 11) is -3.61. The van der Waals surface area contributed by atoms with Gasteiger partial charge in [-0.2, -0.15) is 0 Å². The van der Waals surface area contributed by atoms with Crippen LogP contribution in [0.1, 0.15) is 19.8 Å². The Morgan fingerprint density at radius 3 is 2.68 bits per heavy atom. The van der Waals surface area contributed by atoms with E-state index >= 15 is 0 Å². The van der Waals surface area contributed by atoms with Gasteiger partial charge in [-0.1, -0.05) is 6.92 Å². The number of carbonyl (C=O) groups is 1. The van der Waals surface area contributed by atoms with Crippen molar-refractivity contribution in [1.82, 2.24) is 10.6 Å². The summed E-state index contributed by atoms with van der Waals surface area (Å²) in [6.45, 7) is 3.25. The molecule has 0 aromatic heterocycles. The maximum Gasteiger partial charge on any atom is 0.224 e. The van der Waals surface area contributed by atoms with Crippen molar-refractivity contribution in [3.05, 3.63) is 30.1 Å². The van der Waals surface area contributed by atoms with E-state index in [9.17, 15) is 17.6 Å². The number of carbonyl (C=O) groups excluding carboxylic acids is 1. The number of rotatable bonds is 5. The molecule has 1 fully saturated rings. The van der Waals surface area contributed by atoms with Crippen molar-refractivity contribution in [1.29, 1.82) is 0 Å². The molecule has 1 aromatic carbocycles. The first kappa shape index (κ1) is 16.9. The molecule has 0 saturated carbocycles. The third-order valence-electron chi connectivity index (χ3n) is 3.73. The van der Waals surface area contributed by atoms with Gasteiger partial charge in [-0.15, -0.1) is 0 Å². The van der Waals surface area contributed by atoms with Crippen molar-refractivity contribution in [2.45, 2.75) is 30.7 Å². The van der Waals surface area contributed by atoms with Gasteiger partial charge in [-0.05, 0) is 43.7 Å². The lowest BCUT2D eigenvalue weighted by molar-refractivity contribution is -0.124. The maximum absolute atomic E-state index is 12.9. The predicted octanol–water partition coefficient (Wildman–Crippen LogP) is 1.10. The number of sulfone groups is 1. The Morgan fingerprint density at radius 1 is 1.41 bits per heavy atom. The Kier molecular flexibility index (Phi) is 5.52. The zero-order valence-corrected chi connectivity index (χ0v) is 13.3. The van der Waals surface area contributed by atoms with Gasteiger partial charge < -0.3 is 10.6 Å². The molecular weight excluding hydrogens is 307 g/mol. The third-order valence-corrected chi connectivity index (χ3v) is 5.66. The monoisotopic (exact) mass is 328 g/mol. The second kappa shape index (κ2) is 7.19. The van der Waals surface area contributed by atoms with E-state index < -0.39 is 21.6 Å². The van der Waals surface area contributed by atoms with E-state index in [-0.39, 0.29) is 22.6 Å². The minimum Gasteiger partial charge on any atom is -0.352 e. The van der Waals surface area contributed by atoms with E-state index in [1.807, 2.05) is 0 Å². The average molecular weight is 328 g/mol. The van der Waals surface area contributed by atoms with Gasteiger partial charge in [0.1, 0.15) is 5.82 Å². The smallest absolute Gasteiger partial charge is 0.224 e. The number of hydrogen-bond acceptors (Lipinski definition) is 4. The van der Waals surface area contributed by atoms with E-state index in [2.05, 4.69) is 10.6 Å². The van der Waals surface area contributed by atoms with Crippen LogP contribution in [0.3, 0.4) is 0 Å². The molecular formula is C15H21FN2O3S. The fourth-order valence-electron chi connectivity index (χ4n) is 2.46. The molecule has 1 unspecified atom stereocenters. The van der Waals surface area contributed by atoms with Crippen LogP contribution < -0.4 is 10.6 Å². The van der Waals surface area contributed by atoms with Gasteiger partial charge in [0.25, 0.3) is 0 Å². The number of piperidine rings is 1. The Labute approximate surface area is 130 Å². The highest BCUT2D eigenvalue weighted by Crippen LogP contribution is 2.15. The van der Waals surface area contributed by atoms with Gasteiger partial charge in [-0.25, -0.2) is 12.8 Å². The van der Waals surface area contributed by atoms with Crippen LogP contribution in [0.15, 0.2) is 29.2 Å². The molecule has 2 N–H and O–H groups in total. The molecule has 0 radical (unpaired) electrons. The summed E-state index contributed by atoms with van der Waals surface area (Å²) in [6, 6.07) is 4.70. The molecule has 5 nitrogen and oxygen atoms in total. The molecule has 1 saturated heterocycles. The fourth-order valence-corrected chi connectivity index (χ4v) is 4.01. The molecule has 0 spiro atoms. The van der Waals surface area contributed by atoms with Gasteiger partial charge in [0.05, 0.1) is 10.6 Å². The lowest BCUT2D eigenvalue weighted by atomic mass is 10.1. The van der Waals surface area contributed by atoms with E-state index in [1.165, 1.54) is 12.1 Å². The van der Waals surface area contributed by atoms with Gasteiger partial charge in [0.15, 0.2) is 9.84 Å². The molecule has 122 valence electrons. The second-order valence-corrected chi connectivity index (χ2v) is 7.72. The van der Waals surface area contributed by atoms with E-state index in [0.717, 1.165) is 31.5 Å². The van der Waals surface area contributed by atoms with E-state index in [0.29, 0.717) is 6.54 Å². The summed E-state index contributed by atoms with van der Waals surface area (Å²) >= 11 is 0. The van der Waals surface area contributed by atoms with Gasteiger partial charge in [0, 0.05) is 18.5 Å². The number of halogens is 1.